The molecule has 0 aliphatic carbocycles. The molecule has 0 N–H and O–H groups in total. The minimum Gasteiger partial charge on any atom is -0.456 e. The Bertz CT molecular complexity index is 2710. The number of rotatable bonds is 5. The summed E-state index contributed by atoms with van der Waals surface area (Å²) in [6.45, 7) is 0. The molecule has 49 heavy (non-hydrogen) atoms. The summed E-state index contributed by atoms with van der Waals surface area (Å²) in [4.78, 5) is 2.28. The number of para-hydroxylation sites is 2. The van der Waals surface area contributed by atoms with Gasteiger partial charge in [0, 0.05) is 50.7 Å². The van der Waals surface area contributed by atoms with Gasteiger partial charge in [-0.15, -0.1) is 0 Å². The smallest absolute Gasteiger partial charge is 0.137 e. The first kappa shape index (κ1) is 27.5. The van der Waals surface area contributed by atoms with Gasteiger partial charge in [-0.2, -0.15) is 0 Å². The summed E-state index contributed by atoms with van der Waals surface area (Å²) in [5.41, 5.74) is 11.3. The second kappa shape index (κ2) is 11.0. The van der Waals surface area contributed by atoms with Crippen LogP contribution in [0.15, 0.2) is 185 Å². The minimum atomic E-state index is 0.855. The van der Waals surface area contributed by atoms with E-state index in [-0.39, 0.29) is 0 Å². The van der Waals surface area contributed by atoms with Crippen molar-refractivity contribution in [2.45, 2.75) is 0 Å². The molecule has 3 nitrogen and oxygen atoms in total. The SMILES string of the molecule is c1ccc(-c2ccc3ccccc3c2-c2ccc(N(c3ccc4c(c3)oc3ccccc34)c3ccc4c(c3)oc3ccccc34)cc2)cc1. The molecule has 0 spiro atoms. The molecule has 0 atom stereocenters. The Morgan fingerprint density at radius 2 is 0.837 bits per heavy atom. The predicted molar refractivity (Wildman–Crippen MR) is 204 cm³/mol. The van der Waals surface area contributed by atoms with Crippen LogP contribution in [0.25, 0.3) is 76.9 Å². The lowest BCUT2D eigenvalue weighted by Gasteiger charge is -2.26. The number of furan rings is 2. The molecule has 0 saturated carbocycles. The second-order valence-electron chi connectivity index (χ2n) is 12.5. The van der Waals surface area contributed by atoms with Crippen LogP contribution < -0.4 is 4.90 Å². The third-order valence-corrected chi connectivity index (χ3v) is 9.67. The first-order valence-electron chi connectivity index (χ1n) is 16.6. The van der Waals surface area contributed by atoms with Crippen molar-refractivity contribution in [3.05, 3.63) is 176 Å². The molecule has 3 heteroatoms. The van der Waals surface area contributed by atoms with E-state index in [2.05, 4.69) is 157 Å². The maximum atomic E-state index is 6.35. The molecule has 0 radical (unpaired) electrons. The average Bonchev–Trinajstić information content (AvgIpc) is 3.73. The van der Waals surface area contributed by atoms with Gasteiger partial charge in [-0.1, -0.05) is 115 Å². The molecule has 0 bridgehead atoms. The number of benzene rings is 8. The van der Waals surface area contributed by atoms with Crippen molar-refractivity contribution in [1.29, 1.82) is 0 Å². The molecule has 10 aromatic rings. The van der Waals surface area contributed by atoms with E-state index in [0.717, 1.165) is 60.9 Å². The molecule has 8 aromatic carbocycles. The lowest BCUT2D eigenvalue weighted by atomic mass is 9.89. The van der Waals surface area contributed by atoms with Gasteiger partial charge in [-0.3, -0.25) is 0 Å². The third kappa shape index (κ3) is 4.51. The zero-order chi connectivity index (χ0) is 32.3. The maximum absolute atomic E-state index is 6.35. The summed E-state index contributed by atoms with van der Waals surface area (Å²) in [5.74, 6) is 0. The van der Waals surface area contributed by atoms with E-state index in [9.17, 15) is 0 Å². The minimum absolute atomic E-state index is 0.855. The monoisotopic (exact) mass is 627 g/mol. The quantitative estimate of drug-likeness (QED) is 0.190. The molecular weight excluding hydrogens is 599 g/mol. The fourth-order valence-electron chi connectivity index (χ4n) is 7.37. The van der Waals surface area contributed by atoms with Gasteiger partial charge in [0.05, 0.1) is 0 Å². The highest BCUT2D eigenvalue weighted by molar-refractivity contribution is 6.08. The lowest BCUT2D eigenvalue weighted by molar-refractivity contribution is 0.669. The number of nitrogens with zero attached hydrogens (tertiary/aromatic N) is 1. The van der Waals surface area contributed by atoms with Crippen LogP contribution in [0.4, 0.5) is 17.1 Å². The molecule has 10 rings (SSSR count). The van der Waals surface area contributed by atoms with E-state index in [1.807, 2.05) is 24.3 Å². The van der Waals surface area contributed by atoms with Gasteiger partial charge in [-0.25, -0.2) is 0 Å². The van der Waals surface area contributed by atoms with Crippen LogP contribution >= 0.6 is 0 Å². The highest BCUT2D eigenvalue weighted by atomic mass is 16.3. The van der Waals surface area contributed by atoms with Crippen LogP contribution in [-0.2, 0) is 0 Å². The summed E-state index contributed by atoms with van der Waals surface area (Å²) in [7, 11) is 0. The molecule has 0 unspecified atom stereocenters. The van der Waals surface area contributed by atoms with E-state index >= 15 is 0 Å². The molecule has 0 aliphatic heterocycles. The van der Waals surface area contributed by atoms with E-state index in [0.29, 0.717) is 0 Å². The zero-order valence-corrected chi connectivity index (χ0v) is 26.5. The summed E-state index contributed by atoms with van der Waals surface area (Å²) < 4.78 is 12.7. The Hall–Kier alpha value is -6.58. The fourth-order valence-corrected chi connectivity index (χ4v) is 7.37. The van der Waals surface area contributed by atoms with Crippen molar-refractivity contribution in [3.8, 4) is 22.3 Å². The first-order chi connectivity index (χ1) is 24.3. The Morgan fingerprint density at radius 1 is 0.327 bits per heavy atom. The van der Waals surface area contributed by atoms with Gasteiger partial charge in [-0.05, 0) is 81.6 Å². The molecule has 230 valence electrons. The largest absolute Gasteiger partial charge is 0.456 e. The van der Waals surface area contributed by atoms with Crippen LogP contribution in [0.5, 0.6) is 0 Å². The van der Waals surface area contributed by atoms with Gasteiger partial charge < -0.3 is 13.7 Å². The Kier molecular flexibility index (Phi) is 6.18. The van der Waals surface area contributed by atoms with Crippen molar-refractivity contribution >= 4 is 71.7 Å². The van der Waals surface area contributed by atoms with E-state index in [4.69, 9.17) is 8.83 Å². The average molecular weight is 628 g/mol. The summed E-state index contributed by atoms with van der Waals surface area (Å²) >= 11 is 0. The number of fused-ring (bicyclic) bond motifs is 7. The Balaban J connectivity index is 1.15. The maximum Gasteiger partial charge on any atom is 0.137 e. The highest BCUT2D eigenvalue weighted by Gasteiger charge is 2.19. The number of hydrogen-bond acceptors (Lipinski definition) is 3. The van der Waals surface area contributed by atoms with E-state index in [1.54, 1.807) is 0 Å². The molecule has 0 saturated heterocycles. The molecule has 0 aliphatic rings. The van der Waals surface area contributed by atoms with Gasteiger partial charge in [0.15, 0.2) is 0 Å². The topological polar surface area (TPSA) is 29.5 Å². The molecule has 2 heterocycles. The molecule has 2 aromatic heterocycles. The Labute approximate surface area is 282 Å². The van der Waals surface area contributed by atoms with Gasteiger partial charge in [0.2, 0.25) is 0 Å². The van der Waals surface area contributed by atoms with Crippen LogP contribution in [0.2, 0.25) is 0 Å². The van der Waals surface area contributed by atoms with Crippen molar-refractivity contribution < 1.29 is 8.83 Å². The number of anilines is 3. The first-order valence-corrected chi connectivity index (χ1v) is 16.6. The van der Waals surface area contributed by atoms with E-state index in [1.165, 1.54) is 33.0 Å². The van der Waals surface area contributed by atoms with Crippen molar-refractivity contribution in [1.82, 2.24) is 0 Å². The standard InChI is InChI=1S/C46H29NO2/c1-2-10-30(11-3-1)37-25-20-31-12-4-5-13-36(31)46(37)32-18-21-33(22-19-32)47(34-23-26-40-38-14-6-8-16-42(38)48-44(40)28-34)35-24-27-41-39-15-7-9-17-43(39)49-45(41)29-35/h1-29H. The van der Waals surface area contributed by atoms with Crippen LogP contribution in [-0.4, -0.2) is 0 Å². The normalized spacial score (nSPS) is 11.7. The van der Waals surface area contributed by atoms with Crippen molar-refractivity contribution in [2.75, 3.05) is 4.90 Å². The Morgan fingerprint density at radius 3 is 1.47 bits per heavy atom. The predicted octanol–water partition coefficient (Wildman–Crippen LogP) is 13.4. The van der Waals surface area contributed by atoms with Crippen molar-refractivity contribution in [2.24, 2.45) is 0 Å². The highest BCUT2D eigenvalue weighted by Crippen LogP contribution is 2.43. The fraction of sp³-hybridized carbons (Fsp3) is 0. The van der Waals surface area contributed by atoms with Gasteiger partial charge in [0.1, 0.15) is 22.3 Å². The van der Waals surface area contributed by atoms with Crippen LogP contribution in [0, 0.1) is 0 Å². The lowest BCUT2D eigenvalue weighted by Crippen LogP contribution is -2.09. The van der Waals surface area contributed by atoms with Crippen LogP contribution in [0.3, 0.4) is 0 Å². The summed E-state index contributed by atoms with van der Waals surface area (Å²) in [6, 6.07) is 62.1. The number of hydrogen-bond donors (Lipinski definition) is 0. The molecule has 0 amide bonds. The van der Waals surface area contributed by atoms with Gasteiger partial charge in [0.25, 0.3) is 0 Å². The summed E-state index contributed by atoms with van der Waals surface area (Å²) in [6.07, 6.45) is 0. The van der Waals surface area contributed by atoms with Crippen LogP contribution in [0.1, 0.15) is 0 Å². The second-order valence-corrected chi connectivity index (χ2v) is 12.5. The van der Waals surface area contributed by atoms with Gasteiger partial charge >= 0.3 is 0 Å². The third-order valence-electron chi connectivity index (χ3n) is 9.67. The molecular formula is C46H29NO2. The molecule has 0 fully saturated rings. The zero-order valence-electron chi connectivity index (χ0n) is 26.5. The van der Waals surface area contributed by atoms with E-state index < -0.39 is 0 Å². The van der Waals surface area contributed by atoms with Crippen molar-refractivity contribution in [3.63, 3.8) is 0 Å². The summed E-state index contributed by atoms with van der Waals surface area (Å²) in [5, 5.41) is 6.90.